The van der Waals surface area contributed by atoms with Crippen molar-refractivity contribution in [1.82, 2.24) is 4.98 Å². The van der Waals surface area contributed by atoms with Crippen molar-refractivity contribution in [3.63, 3.8) is 0 Å². The van der Waals surface area contributed by atoms with Gasteiger partial charge in [-0.1, -0.05) is 45.3 Å². The number of halogens is 1. The van der Waals surface area contributed by atoms with Crippen molar-refractivity contribution in [2.75, 3.05) is 11.5 Å². The van der Waals surface area contributed by atoms with Crippen LogP contribution in [0.3, 0.4) is 0 Å². The molecule has 2 rings (SSSR count). The molecule has 0 spiro atoms. The van der Waals surface area contributed by atoms with E-state index in [4.69, 9.17) is 17.3 Å². The lowest BCUT2D eigenvalue weighted by Gasteiger charge is -2.01. The van der Waals surface area contributed by atoms with E-state index < -0.39 is 0 Å². The molecule has 0 atom stereocenters. The lowest BCUT2D eigenvalue weighted by molar-refractivity contribution is 1.08. The predicted octanol–water partition coefficient (Wildman–Crippen LogP) is 4.50. The van der Waals surface area contributed by atoms with Gasteiger partial charge < -0.3 is 5.73 Å². The van der Waals surface area contributed by atoms with Crippen molar-refractivity contribution < 1.29 is 0 Å². The molecule has 0 aliphatic heterocycles. The molecule has 1 aromatic heterocycles. The second kappa shape index (κ2) is 7.28. The number of hydrogen-bond donors (Lipinski definition) is 1. The normalized spacial score (nSPS) is 10.7. The van der Waals surface area contributed by atoms with Gasteiger partial charge in [0.15, 0.2) is 5.13 Å². The summed E-state index contributed by atoms with van der Waals surface area (Å²) < 4.78 is 0. The number of benzene rings is 1. The van der Waals surface area contributed by atoms with Crippen molar-refractivity contribution >= 4 is 49.7 Å². The van der Waals surface area contributed by atoms with Crippen molar-refractivity contribution in [3.8, 4) is 0 Å². The number of nitrogen functional groups attached to an aromatic ring is 1. The monoisotopic (exact) mass is 316 g/mol. The minimum atomic E-state index is 0.656. The second-order valence-electron chi connectivity index (χ2n) is 3.64. The Morgan fingerprint density at radius 1 is 1.22 bits per heavy atom. The van der Waals surface area contributed by atoms with Gasteiger partial charge in [-0.2, -0.15) is 0 Å². The van der Waals surface area contributed by atoms with Gasteiger partial charge in [-0.25, -0.2) is 4.98 Å². The van der Waals surface area contributed by atoms with Gasteiger partial charge in [0.1, 0.15) is 0 Å². The number of nitrogens with two attached hydrogens (primary N) is 1. The second-order valence-corrected chi connectivity index (χ2v) is 7.55. The SMILES string of the molecule is Nc1nc(CCSSCc2ccc(Cl)cc2)cs1. The fourth-order valence-corrected chi connectivity index (χ4v) is 4.14. The summed E-state index contributed by atoms with van der Waals surface area (Å²) in [6.07, 6.45) is 0.978. The highest BCUT2D eigenvalue weighted by molar-refractivity contribution is 8.76. The summed E-state index contributed by atoms with van der Waals surface area (Å²) in [5.74, 6) is 2.06. The van der Waals surface area contributed by atoms with Crippen LogP contribution >= 0.6 is 44.5 Å². The van der Waals surface area contributed by atoms with E-state index in [2.05, 4.69) is 17.1 Å². The van der Waals surface area contributed by atoms with Gasteiger partial charge in [-0.05, 0) is 17.7 Å². The average Bonchev–Trinajstić information content (AvgIpc) is 2.77. The van der Waals surface area contributed by atoms with Crippen molar-refractivity contribution in [3.05, 3.63) is 45.9 Å². The first-order chi connectivity index (χ1) is 8.74. The number of anilines is 1. The molecule has 0 aliphatic carbocycles. The summed E-state index contributed by atoms with van der Waals surface area (Å²) in [4.78, 5) is 4.24. The minimum Gasteiger partial charge on any atom is -0.375 e. The summed E-state index contributed by atoms with van der Waals surface area (Å²) in [5, 5.41) is 3.47. The first-order valence-electron chi connectivity index (χ1n) is 5.43. The highest BCUT2D eigenvalue weighted by Crippen LogP contribution is 2.27. The third-order valence-corrected chi connectivity index (χ3v) is 5.55. The molecule has 1 heterocycles. The van der Waals surface area contributed by atoms with E-state index in [0.717, 1.165) is 28.6 Å². The fraction of sp³-hybridized carbons (Fsp3) is 0.250. The highest BCUT2D eigenvalue weighted by Gasteiger charge is 1.99. The van der Waals surface area contributed by atoms with Crippen molar-refractivity contribution in [1.29, 1.82) is 0 Å². The fourth-order valence-electron chi connectivity index (χ4n) is 1.33. The quantitative estimate of drug-likeness (QED) is 0.629. The standard InChI is InChI=1S/C12H13ClN2S3/c13-10-3-1-9(2-4-10)7-18-17-6-5-11-8-16-12(14)15-11/h1-4,8H,5-7H2,(H2,14,15). The Bertz CT molecular complexity index is 484. The molecule has 0 amide bonds. The Morgan fingerprint density at radius 3 is 2.67 bits per heavy atom. The molecule has 6 heteroatoms. The largest absolute Gasteiger partial charge is 0.375 e. The van der Waals surface area contributed by atoms with Gasteiger partial charge in [0.2, 0.25) is 0 Å². The van der Waals surface area contributed by atoms with E-state index in [1.807, 2.05) is 39.1 Å². The van der Waals surface area contributed by atoms with Crippen LogP contribution in [0.25, 0.3) is 0 Å². The molecule has 0 radical (unpaired) electrons. The molecule has 0 bridgehead atoms. The topological polar surface area (TPSA) is 38.9 Å². The summed E-state index contributed by atoms with van der Waals surface area (Å²) in [5.41, 5.74) is 7.98. The molecule has 2 nitrogen and oxygen atoms in total. The third-order valence-electron chi connectivity index (χ3n) is 2.23. The molecule has 2 aromatic rings. The average molecular weight is 317 g/mol. The number of aryl methyl sites for hydroxylation is 1. The zero-order valence-electron chi connectivity index (χ0n) is 9.64. The van der Waals surface area contributed by atoms with Crippen molar-refractivity contribution in [2.45, 2.75) is 12.2 Å². The number of aromatic nitrogens is 1. The van der Waals surface area contributed by atoms with Crippen LogP contribution in [-0.2, 0) is 12.2 Å². The van der Waals surface area contributed by atoms with E-state index in [9.17, 15) is 0 Å². The van der Waals surface area contributed by atoms with Gasteiger partial charge in [-0.15, -0.1) is 11.3 Å². The highest BCUT2D eigenvalue weighted by atomic mass is 35.5. The van der Waals surface area contributed by atoms with Crippen LogP contribution in [0.15, 0.2) is 29.6 Å². The molecule has 0 saturated heterocycles. The lowest BCUT2D eigenvalue weighted by atomic mass is 10.2. The molecule has 1 aromatic carbocycles. The summed E-state index contributed by atoms with van der Waals surface area (Å²) >= 11 is 7.34. The first kappa shape index (κ1) is 14.1. The van der Waals surface area contributed by atoms with E-state index in [1.165, 1.54) is 16.9 Å². The lowest BCUT2D eigenvalue weighted by Crippen LogP contribution is -1.89. The van der Waals surface area contributed by atoms with Crippen LogP contribution < -0.4 is 5.73 Å². The molecular formula is C12H13ClN2S3. The maximum absolute atomic E-state index is 5.84. The Hall–Kier alpha value is -0.360. The maximum atomic E-state index is 5.84. The van der Waals surface area contributed by atoms with Gasteiger partial charge >= 0.3 is 0 Å². The van der Waals surface area contributed by atoms with E-state index in [0.29, 0.717) is 5.13 Å². The third kappa shape index (κ3) is 4.72. The molecular weight excluding hydrogens is 304 g/mol. The molecule has 0 fully saturated rings. The number of rotatable bonds is 6. The maximum Gasteiger partial charge on any atom is 0.180 e. The Balaban J connectivity index is 1.63. The van der Waals surface area contributed by atoms with Crippen LogP contribution in [0, 0.1) is 0 Å². The van der Waals surface area contributed by atoms with Crippen LogP contribution in [0.5, 0.6) is 0 Å². The molecule has 96 valence electrons. The molecule has 0 aliphatic rings. The number of nitrogens with zero attached hydrogens (tertiary/aromatic N) is 1. The Morgan fingerprint density at radius 2 is 2.00 bits per heavy atom. The van der Waals surface area contributed by atoms with Crippen LogP contribution in [0.2, 0.25) is 5.02 Å². The molecule has 2 N–H and O–H groups in total. The summed E-state index contributed by atoms with van der Waals surface area (Å²) in [7, 11) is 3.72. The van der Waals surface area contributed by atoms with Crippen molar-refractivity contribution in [2.24, 2.45) is 0 Å². The summed E-state index contributed by atoms with van der Waals surface area (Å²) in [6.45, 7) is 0. The molecule has 18 heavy (non-hydrogen) atoms. The molecule has 0 saturated carbocycles. The molecule has 0 unspecified atom stereocenters. The summed E-state index contributed by atoms with van der Waals surface area (Å²) in [6, 6.07) is 7.99. The van der Waals surface area contributed by atoms with Gasteiger partial charge in [0.05, 0.1) is 5.69 Å². The zero-order chi connectivity index (χ0) is 12.8. The predicted molar refractivity (Wildman–Crippen MR) is 85.4 cm³/mol. The zero-order valence-corrected chi connectivity index (χ0v) is 12.8. The van der Waals surface area contributed by atoms with E-state index in [-0.39, 0.29) is 0 Å². The van der Waals surface area contributed by atoms with E-state index >= 15 is 0 Å². The Kier molecular flexibility index (Phi) is 5.69. The van der Waals surface area contributed by atoms with Crippen LogP contribution in [0.1, 0.15) is 11.3 Å². The minimum absolute atomic E-state index is 0.656. The van der Waals surface area contributed by atoms with Crippen LogP contribution in [-0.4, -0.2) is 10.7 Å². The van der Waals surface area contributed by atoms with Gasteiger partial charge in [-0.3, -0.25) is 0 Å². The Labute approximate surface area is 124 Å². The number of thiazole rings is 1. The van der Waals surface area contributed by atoms with Crippen LogP contribution in [0.4, 0.5) is 5.13 Å². The van der Waals surface area contributed by atoms with Gasteiger partial charge in [0, 0.05) is 28.3 Å². The number of hydrogen-bond acceptors (Lipinski definition) is 5. The van der Waals surface area contributed by atoms with E-state index in [1.54, 1.807) is 0 Å². The smallest absolute Gasteiger partial charge is 0.180 e. The van der Waals surface area contributed by atoms with Gasteiger partial charge in [0.25, 0.3) is 0 Å². The first-order valence-corrected chi connectivity index (χ1v) is 9.17.